The number of rotatable bonds is 3. The molecule has 1 amide bonds. The van der Waals surface area contributed by atoms with Crippen molar-refractivity contribution in [3.8, 4) is 0 Å². The van der Waals surface area contributed by atoms with Crippen LogP contribution in [0.2, 0.25) is 0 Å². The van der Waals surface area contributed by atoms with E-state index in [0.717, 1.165) is 0 Å². The number of primary amides is 1. The molecule has 0 aromatic heterocycles. The normalized spacial score (nSPS) is 9.23. The quantitative estimate of drug-likeness (QED) is 0.514. The Kier molecular flexibility index (Phi) is 2.54. The lowest BCUT2D eigenvalue weighted by Gasteiger charge is -2.01. The van der Waals surface area contributed by atoms with Crippen molar-refractivity contribution in [2.75, 3.05) is 0 Å². The molecule has 0 saturated carbocycles. The van der Waals surface area contributed by atoms with Gasteiger partial charge in [-0.1, -0.05) is 24.3 Å². The third kappa shape index (κ3) is 1.79. The highest BCUT2D eigenvalue weighted by molar-refractivity contribution is 6.44. The van der Waals surface area contributed by atoms with Gasteiger partial charge in [0.1, 0.15) is 5.71 Å². The first kappa shape index (κ1) is 9.12. The number of benzene rings is 1. The molecule has 66 valence electrons. The van der Waals surface area contributed by atoms with Crippen LogP contribution in [0.4, 0.5) is 0 Å². The lowest BCUT2D eigenvalue weighted by atomic mass is 10.0. The third-order valence-electron chi connectivity index (χ3n) is 1.60. The van der Waals surface area contributed by atoms with Crippen molar-refractivity contribution in [1.29, 1.82) is 5.41 Å². The molecule has 0 atom stereocenters. The lowest BCUT2D eigenvalue weighted by molar-refractivity contribution is -0.112. The number of hydrogen-bond acceptors (Lipinski definition) is 3. The Morgan fingerprint density at radius 1 is 1.38 bits per heavy atom. The van der Waals surface area contributed by atoms with E-state index < -0.39 is 5.91 Å². The van der Waals surface area contributed by atoms with Gasteiger partial charge in [0.25, 0.3) is 5.91 Å². The van der Waals surface area contributed by atoms with Gasteiger partial charge in [-0.15, -0.1) is 0 Å². The molecule has 0 aliphatic heterocycles. The van der Waals surface area contributed by atoms with Crippen LogP contribution in [0.25, 0.3) is 0 Å². The van der Waals surface area contributed by atoms with Crippen LogP contribution in [0.1, 0.15) is 15.9 Å². The first-order chi connectivity index (χ1) is 6.16. The van der Waals surface area contributed by atoms with Crippen LogP contribution in [-0.4, -0.2) is 17.9 Å². The molecule has 4 nitrogen and oxygen atoms in total. The van der Waals surface area contributed by atoms with Crippen LogP contribution in [0.15, 0.2) is 24.3 Å². The van der Waals surface area contributed by atoms with E-state index >= 15 is 0 Å². The van der Waals surface area contributed by atoms with Crippen molar-refractivity contribution < 1.29 is 9.59 Å². The number of aldehydes is 1. The van der Waals surface area contributed by atoms with E-state index in [1.165, 1.54) is 12.1 Å². The molecule has 0 bridgehead atoms. The molecule has 1 rings (SSSR count). The average Bonchev–Trinajstić information content (AvgIpc) is 2.16. The monoisotopic (exact) mass is 176 g/mol. The number of carbonyl (C=O) groups is 2. The predicted octanol–water partition coefficient (Wildman–Crippen LogP) is 0.352. The van der Waals surface area contributed by atoms with E-state index in [1.54, 1.807) is 12.1 Å². The number of hydrogen-bond donors (Lipinski definition) is 2. The van der Waals surface area contributed by atoms with Crippen molar-refractivity contribution >= 4 is 17.9 Å². The second kappa shape index (κ2) is 3.62. The fourth-order valence-electron chi connectivity index (χ4n) is 0.960. The smallest absolute Gasteiger partial charge is 0.267 e. The molecule has 0 aliphatic rings. The molecule has 3 N–H and O–H groups in total. The van der Waals surface area contributed by atoms with Crippen LogP contribution < -0.4 is 5.73 Å². The van der Waals surface area contributed by atoms with Crippen LogP contribution in [-0.2, 0) is 4.79 Å². The van der Waals surface area contributed by atoms with Gasteiger partial charge < -0.3 is 5.73 Å². The second-order valence-corrected chi connectivity index (χ2v) is 2.44. The maximum Gasteiger partial charge on any atom is 0.267 e. The summed E-state index contributed by atoms with van der Waals surface area (Å²) in [6, 6.07) is 6.33. The van der Waals surface area contributed by atoms with E-state index in [0.29, 0.717) is 11.8 Å². The minimum absolute atomic E-state index is 0.269. The fraction of sp³-hybridized carbons (Fsp3) is 0. The van der Waals surface area contributed by atoms with Gasteiger partial charge in [0.05, 0.1) is 0 Å². The lowest BCUT2D eigenvalue weighted by Crippen LogP contribution is -2.24. The minimum atomic E-state index is -0.839. The van der Waals surface area contributed by atoms with E-state index in [1.807, 2.05) is 0 Å². The van der Waals surface area contributed by atoms with Gasteiger partial charge in [0, 0.05) is 11.1 Å². The maximum atomic E-state index is 10.6. The summed E-state index contributed by atoms with van der Waals surface area (Å²) in [4.78, 5) is 21.2. The Bertz CT molecular complexity index is 372. The summed E-state index contributed by atoms with van der Waals surface area (Å²) in [7, 11) is 0. The van der Waals surface area contributed by atoms with Crippen LogP contribution in [0, 0.1) is 5.41 Å². The Hall–Kier alpha value is -1.97. The maximum absolute atomic E-state index is 10.6. The van der Waals surface area contributed by atoms with Crippen LogP contribution >= 0.6 is 0 Å². The molecule has 0 unspecified atom stereocenters. The first-order valence-electron chi connectivity index (χ1n) is 3.59. The Morgan fingerprint density at radius 3 is 2.54 bits per heavy atom. The molecule has 0 radical (unpaired) electrons. The molecule has 4 heteroatoms. The van der Waals surface area contributed by atoms with Crippen LogP contribution in [0.3, 0.4) is 0 Å². The Morgan fingerprint density at radius 2 is 2.00 bits per heavy atom. The molecule has 0 fully saturated rings. The molecule has 0 spiro atoms. The Labute approximate surface area is 74.9 Å². The highest BCUT2D eigenvalue weighted by Crippen LogP contribution is 2.06. The largest absolute Gasteiger partial charge is 0.364 e. The standard InChI is InChI=1S/C9H8N2O2/c10-8(9(11)13)7-4-2-1-3-6(7)5-12/h1-5,10H,(H2,11,13). The second-order valence-electron chi connectivity index (χ2n) is 2.44. The number of nitrogens with two attached hydrogens (primary N) is 1. The van der Waals surface area contributed by atoms with Gasteiger partial charge in [0.15, 0.2) is 6.29 Å². The zero-order valence-corrected chi connectivity index (χ0v) is 6.78. The third-order valence-corrected chi connectivity index (χ3v) is 1.60. The highest BCUT2D eigenvalue weighted by Gasteiger charge is 2.10. The minimum Gasteiger partial charge on any atom is -0.364 e. The zero-order valence-electron chi connectivity index (χ0n) is 6.78. The summed E-state index contributed by atoms with van der Waals surface area (Å²) < 4.78 is 0. The summed E-state index contributed by atoms with van der Waals surface area (Å²) in [6.07, 6.45) is 0.590. The molecule has 1 aromatic carbocycles. The summed E-state index contributed by atoms with van der Waals surface area (Å²) in [6.45, 7) is 0. The van der Waals surface area contributed by atoms with Gasteiger partial charge >= 0.3 is 0 Å². The SMILES string of the molecule is N=C(C(N)=O)c1ccccc1C=O. The molecule has 1 aromatic rings. The van der Waals surface area contributed by atoms with Crippen molar-refractivity contribution in [3.63, 3.8) is 0 Å². The average molecular weight is 176 g/mol. The van der Waals surface area contributed by atoms with E-state index in [4.69, 9.17) is 11.1 Å². The fourth-order valence-corrected chi connectivity index (χ4v) is 0.960. The van der Waals surface area contributed by atoms with Crippen LogP contribution in [0.5, 0.6) is 0 Å². The van der Waals surface area contributed by atoms with Crippen molar-refractivity contribution in [2.24, 2.45) is 5.73 Å². The van der Waals surface area contributed by atoms with Crippen molar-refractivity contribution in [2.45, 2.75) is 0 Å². The molecule has 13 heavy (non-hydrogen) atoms. The summed E-state index contributed by atoms with van der Waals surface area (Å²) >= 11 is 0. The van der Waals surface area contributed by atoms with Gasteiger partial charge in [-0.05, 0) is 0 Å². The topological polar surface area (TPSA) is 84.0 Å². The van der Waals surface area contributed by atoms with Crippen molar-refractivity contribution in [3.05, 3.63) is 35.4 Å². The molecular weight excluding hydrogens is 168 g/mol. The molecule has 0 aliphatic carbocycles. The first-order valence-corrected chi connectivity index (χ1v) is 3.59. The summed E-state index contributed by atoms with van der Waals surface area (Å²) in [5, 5.41) is 7.30. The number of carbonyl (C=O) groups excluding carboxylic acids is 2. The molecular formula is C9H8N2O2. The molecule has 0 saturated heterocycles. The summed E-state index contributed by atoms with van der Waals surface area (Å²) in [5.41, 5.74) is 5.13. The molecule has 0 heterocycles. The summed E-state index contributed by atoms with van der Waals surface area (Å²) in [5.74, 6) is -0.839. The highest BCUT2D eigenvalue weighted by atomic mass is 16.1. The van der Waals surface area contributed by atoms with Gasteiger partial charge in [0.2, 0.25) is 0 Å². The zero-order chi connectivity index (χ0) is 9.84. The van der Waals surface area contributed by atoms with E-state index in [-0.39, 0.29) is 11.3 Å². The number of nitrogens with one attached hydrogen (secondary N) is 1. The predicted molar refractivity (Wildman–Crippen MR) is 47.9 cm³/mol. The van der Waals surface area contributed by atoms with E-state index in [2.05, 4.69) is 0 Å². The van der Waals surface area contributed by atoms with Crippen molar-refractivity contribution in [1.82, 2.24) is 0 Å². The Balaban J connectivity index is 3.20. The van der Waals surface area contributed by atoms with E-state index in [9.17, 15) is 9.59 Å². The van der Waals surface area contributed by atoms with Gasteiger partial charge in [-0.3, -0.25) is 15.0 Å². The van der Waals surface area contributed by atoms with Gasteiger partial charge in [-0.25, -0.2) is 0 Å². The number of amides is 1. The van der Waals surface area contributed by atoms with Gasteiger partial charge in [-0.2, -0.15) is 0 Å².